The van der Waals surface area contributed by atoms with Crippen molar-refractivity contribution in [2.75, 3.05) is 20.1 Å². The first kappa shape index (κ1) is 17.5. The molecule has 2 amide bonds. The Balaban J connectivity index is 2.05. The molecular formula is C18H26N2O3. The summed E-state index contributed by atoms with van der Waals surface area (Å²) in [6.45, 7) is 2.94. The van der Waals surface area contributed by atoms with Crippen LogP contribution in [0.5, 0.6) is 0 Å². The van der Waals surface area contributed by atoms with Crippen LogP contribution in [0.25, 0.3) is 0 Å². The molecule has 2 rings (SSSR count). The molecule has 0 spiro atoms. The zero-order valence-corrected chi connectivity index (χ0v) is 14.0. The predicted octanol–water partition coefficient (Wildman–Crippen LogP) is 2.20. The minimum absolute atomic E-state index is 0.168. The minimum Gasteiger partial charge on any atom is -0.388 e. The van der Waals surface area contributed by atoms with Crippen LogP contribution in [0.4, 0.5) is 0 Å². The maximum Gasteiger partial charge on any atom is 0.253 e. The molecule has 0 aromatic heterocycles. The summed E-state index contributed by atoms with van der Waals surface area (Å²) in [4.78, 5) is 26.1. The Morgan fingerprint density at radius 3 is 2.57 bits per heavy atom. The SMILES string of the molecule is CCCNC(=O)c1cccc(C(=O)N(C)CC2(O)CCCC2)c1. The van der Waals surface area contributed by atoms with Crippen molar-refractivity contribution < 1.29 is 14.7 Å². The topological polar surface area (TPSA) is 69.6 Å². The fourth-order valence-corrected chi connectivity index (χ4v) is 3.06. The van der Waals surface area contributed by atoms with Gasteiger partial charge >= 0.3 is 0 Å². The third-order valence-electron chi connectivity index (χ3n) is 4.32. The van der Waals surface area contributed by atoms with Crippen molar-refractivity contribution in [1.29, 1.82) is 0 Å². The normalized spacial score (nSPS) is 16.1. The van der Waals surface area contributed by atoms with Crippen LogP contribution in [0.2, 0.25) is 0 Å². The number of hydrogen-bond acceptors (Lipinski definition) is 3. The molecular weight excluding hydrogens is 292 g/mol. The molecule has 0 unspecified atom stereocenters. The van der Waals surface area contributed by atoms with Gasteiger partial charge in [-0.25, -0.2) is 0 Å². The molecule has 126 valence electrons. The van der Waals surface area contributed by atoms with Gasteiger partial charge in [0.1, 0.15) is 0 Å². The molecule has 0 radical (unpaired) electrons. The maximum absolute atomic E-state index is 12.5. The molecule has 0 bridgehead atoms. The van der Waals surface area contributed by atoms with E-state index >= 15 is 0 Å². The standard InChI is InChI=1S/C18H26N2O3/c1-3-11-19-16(21)14-7-6-8-15(12-14)17(22)20(2)13-18(23)9-4-5-10-18/h6-8,12,23H,3-5,9-11,13H2,1-2H3,(H,19,21). The average molecular weight is 318 g/mol. The Labute approximate surface area is 137 Å². The molecule has 5 heteroatoms. The van der Waals surface area contributed by atoms with Gasteiger partial charge in [-0.15, -0.1) is 0 Å². The summed E-state index contributed by atoms with van der Waals surface area (Å²) in [5.74, 6) is -0.339. The van der Waals surface area contributed by atoms with Crippen molar-refractivity contribution in [3.63, 3.8) is 0 Å². The van der Waals surface area contributed by atoms with Crippen LogP contribution < -0.4 is 5.32 Å². The Morgan fingerprint density at radius 1 is 1.26 bits per heavy atom. The Hall–Kier alpha value is -1.88. The molecule has 0 saturated heterocycles. The first-order valence-electron chi connectivity index (χ1n) is 8.31. The van der Waals surface area contributed by atoms with Crippen LogP contribution in [-0.2, 0) is 0 Å². The van der Waals surface area contributed by atoms with Crippen molar-refractivity contribution in [2.45, 2.75) is 44.6 Å². The van der Waals surface area contributed by atoms with Crippen LogP contribution in [0.15, 0.2) is 24.3 Å². The predicted molar refractivity (Wildman–Crippen MR) is 89.4 cm³/mol. The first-order valence-corrected chi connectivity index (χ1v) is 8.31. The lowest BCUT2D eigenvalue weighted by Gasteiger charge is -2.28. The Morgan fingerprint density at radius 2 is 1.91 bits per heavy atom. The molecule has 0 atom stereocenters. The number of hydrogen-bond donors (Lipinski definition) is 2. The number of carbonyl (C=O) groups is 2. The summed E-state index contributed by atoms with van der Waals surface area (Å²) in [5.41, 5.74) is 0.191. The second-order valence-electron chi connectivity index (χ2n) is 6.43. The summed E-state index contributed by atoms with van der Waals surface area (Å²) in [6, 6.07) is 6.73. The third-order valence-corrected chi connectivity index (χ3v) is 4.32. The van der Waals surface area contributed by atoms with Crippen LogP contribution in [0, 0.1) is 0 Å². The van der Waals surface area contributed by atoms with E-state index in [4.69, 9.17) is 0 Å². The summed E-state index contributed by atoms with van der Waals surface area (Å²) >= 11 is 0. The highest BCUT2D eigenvalue weighted by atomic mass is 16.3. The second-order valence-corrected chi connectivity index (χ2v) is 6.43. The first-order chi connectivity index (χ1) is 10.9. The van der Waals surface area contributed by atoms with Gasteiger partial charge < -0.3 is 15.3 Å². The van der Waals surface area contributed by atoms with Gasteiger partial charge in [-0.3, -0.25) is 9.59 Å². The van der Waals surface area contributed by atoms with Gasteiger partial charge in [0.15, 0.2) is 0 Å². The highest BCUT2D eigenvalue weighted by molar-refractivity contribution is 5.99. The maximum atomic E-state index is 12.5. The van der Waals surface area contributed by atoms with Gasteiger partial charge in [-0.05, 0) is 37.5 Å². The molecule has 1 saturated carbocycles. The van der Waals surface area contributed by atoms with Crippen molar-refractivity contribution >= 4 is 11.8 Å². The van der Waals surface area contributed by atoms with E-state index < -0.39 is 5.60 Å². The van der Waals surface area contributed by atoms with Gasteiger partial charge in [-0.1, -0.05) is 25.8 Å². The smallest absolute Gasteiger partial charge is 0.253 e. The highest BCUT2D eigenvalue weighted by Gasteiger charge is 2.33. The molecule has 0 heterocycles. The Kier molecular flexibility index (Phi) is 5.77. The molecule has 1 fully saturated rings. The zero-order valence-electron chi connectivity index (χ0n) is 14.0. The van der Waals surface area contributed by atoms with Gasteiger partial charge in [0.2, 0.25) is 0 Å². The minimum atomic E-state index is -0.763. The van der Waals surface area contributed by atoms with E-state index in [1.54, 1.807) is 36.2 Å². The summed E-state index contributed by atoms with van der Waals surface area (Å²) in [7, 11) is 1.70. The fraction of sp³-hybridized carbons (Fsp3) is 0.556. The van der Waals surface area contributed by atoms with Crippen molar-refractivity contribution in [1.82, 2.24) is 10.2 Å². The largest absolute Gasteiger partial charge is 0.388 e. The molecule has 2 N–H and O–H groups in total. The number of amides is 2. The second kappa shape index (κ2) is 7.59. The monoisotopic (exact) mass is 318 g/mol. The van der Waals surface area contributed by atoms with E-state index in [2.05, 4.69) is 5.32 Å². The molecule has 5 nitrogen and oxygen atoms in total. The molecule has 23 heavy (non-hydrogen) atoms. The van der Waals surface area contributed by atoms with Gasteiger partial charge in [0.05, 0.1) is 5.60 Å². The number of carbonyl (C=O) groups excluding carboxylic acids is 2. The number of nitrogens with zero attached hydrogens (tertiary/aromatic N) is 1. The molecule has 1 aliphatic carbocycles. The molecule has 0 aliphatic heterocycles. The van der Waals surface area contributed by atoms with Crippen LogP contribution in [-0.4, -0.2) is 47.6 Å². The third kappa shape index (κ3) is 4.55. The van der Waals surface area contributed by atoms with Gasteiger partial charge in [0.25, 0.3) is 11.8 Å². The summed E-state index contributed by atoms with van der Waals surface area (Å²) < 4.78 is 0. The fourth-order valence-electron chi connectivity index (χ4n) is 3.06. The number of aliphatic hydroxyl groups is 1. The van der Waals surface area contributed by atoms with Crippen LogP contribution in [0.3, 0.4) is 0 Å². The van der Waals surface area contributed by atoms with E-state index in [0.717, 1.165) is 32.1 Å². The van der Waals surface area contributed by atoms with Gasteiger partial charge in [-0.2, -0.15) is 0 Å². The van der Waals surface area contributed by atoms with E-state index in [-0.39, 0.29) is 11.8 Å². The quantitative estimate of drug-likeness (QED) is 0.845. The number of benzene rings is 1. The number of likely N-dealkylation sites (N-methyl/N-ethyl adjacent to an activating group) is 1. The van der Waals surface area contributed by atoms with E-state index in [1.807, 2.05) is 6.92 Å². The zero-order chi connectivity index (χ0) is 16.9. The Bertz CT molecular complexity index is 565. The molecule has 1 aromatic carbocycles. The van der Waals surface area contributed by atoms with Crippen LogP contribution >= 0.6 is 0 Å². The lowest BCUT2D eigenvalue weighted by Crippen LogP contribution is -2.42. The van der Waals surface area contributed by atoms with E-state index in [0.29, 0.717) is 24.2 Å². The van der Waals surface area contributed by atoms with Crippen LogP contribution in [0.1, 0.15) is 59.7 Å². The van der Waals surface area contributed by atoms with Crippen molar-refractivity contribution in [3.05, 3.63) is 35.4 Å². The summed E-state index contributed by atoms with van der Waals surface area (Å²) in [5, 5.41) is 13.2. The molecule has 1 aromatic rings. The lowest BCUT2D eigenvalue weighted by molar-refractivity contribution is 0.0157. The highest BCUT2D eigenvalue weighted by Crippen LogP contribution is 2.30. The number of rotatable bonds is 6. The average Bonchev–Trinajstić information content (AvgIpc) is 2.98. The van der Waals surface area contributed by atoms with Crippen molar-refractivity contribution in [2.24, 2.45) is 0 Å². The lowest BCUT2D eigenvalue weighted by atomic mass is 10.0. The number of nitrogens with one attached hydrogen (secondary N) is 1. The summed E-state index contributed by atoms with van der Waals surface area (Å²) in [6.07, 6.45) is 4.36. The van der Waals surface area contributed by atoms with E-state index in [9.17, 15) is 14.7 Å². The van der Waals surface area contributed by atoms with Crippen molar-refractivity contribution in [3.8, 4) is 0 Å². The van der Waals surface area contributed by atoms with Gasteiger partial charge in [0, 0.05) is 31.3 Å². The van der Waals surface area contributed by atoms with E-state index in [1.165, 1.54) is 0 Å². The molecule has 1 aliphatic rings.